The molecule has 0 aliphatic heterocycles. The summed E-state index contributed by atoms with van der Waals surface area (Å²) in [4.78, 5) is 0. The molecule has 3 heterocycles. The number of hydrogen-bond donors (Lipinski definition) is 0. The van der Waals surface area contributed by atoms with Gasteiger partial charge in [-0.3, -0.25) is 0 Å². The standard InChI is InChI=1S/C50H28N4O/c51-29-31-19-22-45-42(25-31)43-26-32(30-52)20-23-46(43)53(45)35-11-7-9-33(27-35)37-13-1-2-14-38(37)34-10-8-12-36(28-34)54-44-17-5-3-15-39(44)40-21-24-48-49(50(40)54)41-16-4-6-18-47(41)55-48/h1-28H. The molecule has 55 heavy (non-hydrogen) atoms. The highest BCUT2D eigenvalue weighted by Crippen LogP contribution is 2.42. The van der Waals surface area contributed by atoms with Crippen LogP contribution in [0.2, 0.25) is 0 Å². The smallest absolute Gasteiger partial charge is 0.137 e. The molecule has 8 aromatic carbocycles. The summed E-state index contributed by atoms with van der Waals surface area (Å²) in [6.07, 6.45) is 0. The van der Waals surface area contributed by atoms with Gasteiger partial charge < -0.3 is 13.6 Å². The number of rotatable bonds is 4. The third-order valence-corrected chi connectivity index (χ3v) is 11.0. The molecule has 0 amide bonds. The van der Waals surface area contributed by atoms with Crippen LogP contribution in [0.3, 0.4) is 0 Å². The van der Waals surface area contributed by atoms with Gasteiger partial charge in [0.15, 0.2) is 0 Å². The van der Waals surface area contributed by atoms with E-state index >= 15 is 0 Å². The highest BCUT2D eigenvalue weighted by atomic mass is 16.3. The Bertz CT molecular complexity index is 3400. The highest BCUT2D eigenvalue weighted by molar-refractivity contribution is 6.24. The van der Waals surface area contributed by atoms with Crippen molar-refractivity contribution in [2.24, 2.45) is 0 Å². The molecule has 0 aliphatic carbocycles. The van der Waals surface area contributed by atoms with Crippen LogP contribution >= 0.6 is 0 Å². The van der Waals surface area contributed by atoms with Gasteiger partial charge in [0.2, 0.25) is 0 Å². The molecule has 0 bridgehead atoms. The molecule has 0 N–H and O–H groups in total. The van der Waals surface area contributed by atoms with Gasteiger partial charge >= 0.3 is 0 Å². The predicted octanol–water partition coefficient (Wildman–Crippen LogP) is 12.9. The molecule has 11 aromatic rings. The molecule has 254 valence electrons. The number of hydrogen-bond acceptors (Lipinski definition) is 3. The second-order valence-corrected chi connectivity index (χ2v) is 14.0. The van der Waals surface area contributed by atoms with Gasteiger partial charge in [0.05, 0.1) is 50.7 Å². The lowest BCUT2D eigenvalue weighted by Gasteiger charge is -2.15. The fraction of sp³-hybridized carbons (Fsp3) is 0. The maximum absolute atomic E-state index is 9.70. The molecule has 5 nitrogen and oxygen atoms in total. The third-order valence-electron chi connectivity index (χ3n) is 11.0. The van der Waals surface area contributed by atoms with Crippen molar-refractivity contribution in [3.63, 3.8) is 0 Å². The maximum Gasteiger partial charge on any atom is 0.137 e. The predicted molar refractivity (Wildman–Crippen MR) is 223 cm³/mol. The van der Waals surface area contributed by atoms with Crippen LogP contribution in [0.5, 0.6) is 0 Å². The monoisotopic (exact) mass is 700 g/mol. The zero-order chi connectivity index (χ0) is 36.6. The number of benzene rings is 8. The van der Waals surface area contributed by atoms with Gasteiger partial charge in [-0.05, 0) is 107 Å². The summed E-state index contributed by atoms with van der Waals surface area (Å²) in [6.45, 7) is 0. The van der Waals surface area contributed by atoms with Crippen molar-refractivity contribution in [1.82, 2.24) is 9.13 Å². The Morgan fingerprint density at radius 2 is 0.964 bits per heavy atom. The topological polar surface area (TPSA) is 70.6 Å². The molecule has 11 rings (SSSR count). The van der Waals surface area contributed by atoms with Crippen LogP contribution < -0.4 is 0 Å². The largest absolute Gasteiger partial charge is 0.456 e. The molecule has 0 saturated carbocycles. The Labute approximate surface area is 315 Å². The van der Waals surface area contributed by atoms with E-state index in [9.17, 15) is 10.5 Å². The summed E-state index contributed by atoms with van der Waals surface area (Å²) in [5.41, 5.74) is 13.7. The van der Waals surface area contributed by atoms with Gasteiger partial charge in [-0.25, -0.2) is 0 Å². The first-order chi connectivity index (χ1) is 27.2. The average molecular weight is 701 g/mol. The quantitative estimate of drug-likeness (QED) is 0.183. The lowest BCUT2D eigenvalue weighted by Crippen LogP contribution is -1.96. The number of nitriles is 2. The van der Waals surface area contributed by atoms with Gasteiger partial charge in [0.1, 0.15) is 11.2 Å². The van der Waals surface area contributed by atoms with Crippen LogP contribution in [-0.2, 0) is 0 Å². The second kappa shape index (κ2) is 11.8. The Kier molecular flexibility index (Phi) is 6.61. The summed E-state index contributed by atoms with van der Waals surface area (Å²) < 4.78 is 11.0. The minimum Gasteiger partial charge on any atom is -0.456 e. The molecule has 5 heteroatoms. The van der Waals surface area contributed by atoms with E-state index in [-0.39, 0.29) is 0 Å². The van der Waals surface area contributed by atoms with Gasteiger partial charge in [0, 0.05) is 38.3 Å². The van der Waals surface area contributed by atoms with E-state index in [1.54, 1.807) is 0 Å². The van der Waals surface area contributed by atoms with Crippen LogP contribution in [0.15, 0.2) is 174 Å². The molecule has 0 saturated heterocycles. The Morgan fingerprint density at radius 1 is 0.400 bits per heavy atom. The van der Waals surface area contributed by atoms with Crippen molar-refractivity contribution >= 4 is 65.6 Å². The van der Waals surface area contributed by atoms with Crippen LogP contribution in [0.4, 0.5) is 0 Å². The molecular formula is C50H28N4O. The number of para-hydroxylation sites is 2. The Morgan fingerprint density at radius 3 is 1.62 bits per heavy atom. The molecule has 0 spiro atoms. The molecular weight excluding hydrogens is 673 g/mol. The van der Waals surface area contributed by atoms with E-state index in [1.165, 1.54) is 10.8 Å². The minimum absolute atomic E-state index is 0.585. The van der Waals surface area contributed by atoms with E-state index in [0.29, 0.717) is 11.1 Å². The van der Waals surface area contributed by atoms with Gasteiger partial charge in [-0.15, -0.1) is 0 Å². The minimum atomic E-state index is 0.585. The molecule has 3 aromatic heterocycles. The summed E-state index contributed by atoms with van der Waals surface area (Å²) in [6, 6.07) is 63.3. The molecule has 0 unspecified atom stereocenters. The Hall–Kier alpha value is -7.86. The number of aromatic nitrogens is 2. The third kappa shape index (κ3) is 4.58. The van der Waals surface area contributed by atoms with Gasteiger partial charge in [0.25, 0.3) is 0 Å². The van der Waals surface area contributed by atoms with Crippen molar-refractivity contribution < 1.29 is 4.42 Å². The number of furan rings is 1. The van der Waals surface area contributed by atoms with Crippen molar-refractivity contribution in [2.45, 2.75) is 0 Å². The second-order valence-electron chi connectivity index (χ2n) is 14.0. The van der Waals surface area contributed by atoms with Crippen LogP contribution in [-0.4, -0.2) is 9.13 Å². The lowest BCUT2D eigenvalue weighted by molar-refractivity contribution is 0.669. The van der Waals surface area contributed by atoms with Gasteiger partial charge in [-0.1, -0.05) is 84.9 Å². The fourth-order valence-electron chi connectivity index (χ4n) is 8.59. The molecule has 0 fully saturated rings. The number of fused-ring (bicyclic) bond motifs is 10. The first-order valence-electron chi connectivity index (χ1n) is 18.2. The normalized spacial score (nSPS) is 11.6. The zero-order valence-corrected chi connectivity index (χ0v) is 29.4. The van der Waals surface area contributed by atoms with E-state index in [1.807, 2.05) is 48.5 Å². The van der Waals surface area contributed by atoms with E-state index in [4.69, 9.17) is 4.42 Å². The molecule has 0 radical (unpaired) electrons. The maximum atomic E-state index is 9.70. The zero-order valence-electron chi connectivity index (χ0n) is 29.4. The summed E-state index contributed by atoms with van der Waals surface area (Å²) in [5.74, 6) is 0. The first-order valence-corrected chi connectivity index (χ1v) is 18.2. The number of nitrogens with zero attached hydrogens (tertiary/aromatic N) is 4. The lowest BCUT2D eigenvalue weighted by atomic mass is 9.94. The van der Waals surface area contributed by atoms with Crippen LogP contribution in [0.25, 0.3) is 99.2 Å². The summed E-state index contributed by atoms with van der Waals surface area (Å²) >= 11 is 0. The Balaban J connectivity index is 1.10. The summed E-state index contributed by atoms with van der Waals surface area (Å²) in [7, 11) is 0. The van der Waals surface area contributed by atoms with Crippen molar-refractivity contribution in [1.29, 1.82) is 10.5 Å². The van der Waals surface area contributed by atoms with E-state index in [2.05, 4.69) is 143 Å². The van der Waals surface area contributed by atoms with Crippen molar-refractivity contribution in [3.05, 3.63) is 181 Å². The van der Waals surface area contributed by atoms with E-state index < -0.39 is 0 Å². The first kappa shape index (κ1) is 30.7. The van der Waals surface area contributed by atoms with Gasteiger partial charge in [-0.2, -0.15) is 10.5 Å². The fourth-order valence-corrected chi connectivity index (χ4v) is 8.59. The van der Waals surface area contributed by atoms with E-state index in [0.717, 1.165) is 88.4 Å². The van der Waals surface area contributed by atoms with Crippen molar-refractivity contribution in [2.75, 3.05) is 0 Å². The summed E-state index contributed by atoms with van der Waals surface area (Å²) in [5, 5.41) is 25.9. The average Bonchev–Trinajstić information content (AvgIpc) is 3.90. The van der Waals surface area contributed by atoms with Crippen molar-refractivity contribution in [3.8, 4) is 45.8 Å². The highest BCUT2D eigenvalue weighted by Gasteiger charge is 2.20. The van der Waals surface area contributed by atoms with Crippen LogP contribution in [0.1, 0.15) is 11.1 Å². The molecule has 0 atom stereocenters. The molecule has 0 aliphatic rings. The SMILES string of the molecule is N#Cc1ccc2c(c1)c1cc(C#N)ccc1n2-c1cccc(-c2ccccc2-c2cccc(-n3c4ccccc4c4ccc5oc6ccccc6c5c43)c2)c1. The van der Waals surface area contributed by atoms with Crippen LogP contribution in [0, 0.1) is 22.7 Å².